The van der Waals surface area contributed by atoms with Crippen molar-refractivity contribution in [2.24, 2.45) is 0 Å². The Morgan fingerprint density at radius 1 is 1.07 bits per heavy atom. The number of anilines is 2. The third-order valence-corrected chi connectivity index (χ3v) is 5.12. The number of carbonyl (C=O) groups excluding carboxylic acids is 1. The molecule has 1 aliphatic rings. The number of rotatable bonds is 8. The highest BCUT2D eigenvalue weighted by Gasteiger charge is 2.20. The van der Waals surface area contributed by atoms with Crippen LogP contribution >= 0.6 is 0 Å². The monoisotopic (exact) mass is 414 g/mol. The average Bonchev–Trinajstić information content (AvgIpc) is 2.78. The molecule has 30 heavy (non-hydrogen) atoms. The van der Waals surface area contributed by atoms with Crippen molar-refractivity contribution in [2.75, 3.05) is 57.2 Å². The Kier molecular flexibility index (Phi) is 7.08. The fraction of sp³-hybridized carbons (Fsp3) is 0.381. The van der Waals surface area contributed by atoms with Crippen LogP contribution in [0.3, 0.4) is 0 Å². The number of piperazine rings is 1. The Balaban J connectivity index is 1.49. The van der Waals surface area contributed by atoms with Crippen molar-refractivity contribution in [3.8, 4) is 11.5 Å². The van der Waals surface area contributed by atoms with E-state index in [0.717, 1.165) is 37.6 Å². The highest BCUT2D eigenvalue weighted by atomic mass is 16.6. The van der Waals surface area contributed by atoms with Gasteiger partial charge in [0.15, 0.2) is 0 Å². The van der Waals surface area contributed by atoms with E-state index in [9.17, 15) is 14.9 Å². The molecule has 9 nitrogen and oxygen atoms in total. The second-order valence-electron chi connectivity index (χ2n) is 6.94. The first kappa shape index (κ1) is 21.4. The number of hydrogen-bond acceptors (Lipinski definition) is 7. The van der Waals surface area contributed by atoms with Crippen molar-refractivity contribution in [3.05, 3.63) is 52.6 Å². The average molecular weight is 414 g/mol. The van der Waals surface area contributed by atoms with Crippen molar-refractivity contribution in [1.29, 1.82) is 0 Å². The summed E-state index contributed by atoms with van der Waals surface area (Å²) in [6.45, 7) is 4.07. The van der Waals surface area contributed by atoms with Crippen LogP contribution in [0.2, 0.25) is 0 Å². The first-order chi connectivity index (χ1) is 14.5. The van der Waals surface area contributed by atoms with Crippen molar-refractivity contribution in [2.45, 2.75) is 6.42 Å². The SMILES string of the molecule is COc1cc([N+](=O)[O-])ccc1NC(=O)CCN1CCN(c2ccccc2OC)CC1. The van der Waals surface area contributed by atoms with Gasteiger partial charge in [-0.3, -0.25) is 19.8 Å². The summed E-state index contributed by atoms with van der Waals surface area (Å²) in [5.41, 5.74) is 1.43. The van der Waals surface area contributed by atoms with Crippen molar-refractivity contribution in [1.82, 2.24) is 4.90 Å². The fourth-order valence-electron chi connectivity index (χ4n) is 3.47. The third kappa shape index (κ3) is 5.18. The molecule has 1 aliphatic heterocycles. The van der Waals surface area contributed by atoms with E-state index in [4.69, 9.17) is 9.47 Å². The van der Waals surface area contributed by atoms with E-state index >= 15 is 0 Å². The number of hydrogen-bond donors (Lipinski definition) is 1. The van der Waals surface area contributed by atoms with Gasteiger partial charge in [0, 0.05) is 45.2 Å². The molecule has 1 N–H and O–H groups in total. The van der Waals surface area contributed by atoms with E-state index in [2.05, 4.69) is 21.2 Å². The van der Waals surface area contributed by atoms with E-state index in [1.807, 2.05) is 18.2 Å². The van der Waals surface area contributed by atoms with Gasteiger partial charge < -0.3 is 19.7 Å². The molecule has 2 aromatic carbocycles. The number of nitrogens with one attached hydrogen (secondary N) is 1. The zero-order valence-corrected chi connectivity index (χ0v) is 17.2. The Morgan fingerprint density at radius 3 is 2.43 bits per heavy atom. The first-order valence-corrected chi connectivity index (χ1v) is 9.74. The second kappa shape index (κ2) is 9.93. The van der Waals surface area contributed by atoms with Gasteiger partial charge in [0.25, 0.3) is 5.69 Å². The molecule has 9 heteroatoms. The van der Waals surface area contributed by atoms with Gasteiger partial charge in [0.1, 0.15) is 11.5 Å². The van der Waals surface area contributed by atoms with Gasteiger partial charge in [-0.05, 0) is 18.2 Å². The molecule has 1 saturated heterocycles. The minimum absolute atomic E-state index is 0.0854. The molecule has 3 rings (SSSR count). The van der Waals surface area contributed by atoms with Crippen LogP contribution in [0.25, 0.3) is 0 Å². The van der Waals surface area contributed by atoms with E-state index in [1.54, 1.807) is 7.11 Å². The lowest BCUT2D eigenvalue weighted by molar-refractivity contribution is -0.384. The zero-order chi connectivity index (χ0) is 21.5. The van der Waals surface area contributed by atoms with E-state index < -0.39 is 4.92 Å². The minimum atomic E-state index is -0.501. The number of non-ortho nitro benzene ring substituents is 1. The van der Waals surface area contributed by atoms with Gasteiger partial charge in [-0.2, -0.15) is 0 Å². The number of amides is 1. The molecule has 0 saturated carbocycles. The number of ether oxygens (including phenoxy) is 2. The summed E-state index contributed by atoms with van der Waals surface area (Å²) in [6.07, 6.45) is 0.328. The van der Waals surface area contributed by atoms with Gasteiger partial charge in [-0.25, -0.2) is 0 Å². The van der Waals surface area contributed by atoms with Crippen LogP contribution in [-0.4, -0.2) is 62.7 Å². The summed E-state index contributed by atoms with van der Waals surface area (Å²) in [5.74, 6) is 0.972. The molecule has 1 amide bonds. The highest BCUT2D eigenvalue weighted by molar-refractivity contribution is 5.92. The van der Waals surface area contributed by atoms with Crippen molar-refractivity contribution in [3.63, 3.8) is 0 Å². The van der Waals surface area contributed by atoms with Crippen LogP contribution in [0.4, 0.5) is 17.1 Å². The molecule has 1 fully saturated rings. The van der Waals surface area contributed by atoms with Crippen molar-refractivity contribution >= 4 is 23.0 Å². The quantitative estimate of drug-likeness (QED) is 0.524. The topological polar surface area (TPSA) is 97.2 Å². The molecule has 0 unspecified atom stereocenters. The van der Waals surface area contributed by atoms with Crippen LogP contribution in [0, 0.1) is 10.1 Å². The van der Waals surface area contributed by atoms with Gasteiger partial charge in [0.2, 0.25) is 5.91 Å². The predicted molar refractivity (Wildman–Crippen MR) is 115 cm³/mol. The molecule has 0 aliphatic carbocycles. The Bertz CT molecular complexity index is 897. The summed E-state index contributed by atoms with van der Waals surface area (Å²) in [7, 11) is 3.09. The van der Waals surface area contributed by atoms with Gasteiger partial charge in [0.05, 0.1) is 36.6 Å². The number of nitro benzene ring substituents is 1. The van der Waals surface area contributed by atoms with E-state index in [-0.39, 0.29) is 17.3 Å². The Labute approximate surface area is 175 Å². The number of benzene rings is 2. The number of carbonyl (C=O) groups is 1. The maximum absolute atomic E-state index is 12.4. The Hall–Kier alpha value is -3.33. The van der Waals surface area contributed by atoms with Crippen LogP contribution in [0.5, 0.6) is 11.5 Å². The largest absolute Gasteiger partial charge is 0.495 e. The van der Waals surface area contributed by atoms with Crippen molar-refractivity contribution < 1.29 is 19.2 Å². The first-order valence-electron chi connectivity index (χ1n) is 9.74. The number of nitro groups is 1. The maximum Gasteiger partial charge on any atom is 0.273 e. The minimum Gasteiger partial charge on any atom is -0.495 e. The summed E-state index contributed by atoms with van der Waals surface area (Å²) in [4.78, 5) is 27.3. The highest BCUT2D eigenvalue weighted by Crippen LogP contribution is 2.30. The lowest BCUT2D eigenvalue weighted by Crippen LogP contribution is -2.47. The summed E-state index contributed by atoms with van der Waals surface area (Å²) in [6, 6.07) is 12.1. The predicted octanol–water partition coefficient (Wildman–Crippen LogP) is 2.76. The standard InChI is InChI=1S/C21H26N4O5/c1-29-19-6-4-3-5-18(19)24-13-11-23(12-14-24)10-9-21(26)22-17-8-7-16(25(27)28)15-20(17)30-2/h3-8,15H,9-14H2,1-2H3,(H,22,26). The summed E-state index contributed by atoms with van der Waals surface area (Å²) >= 11 is 0. The Morgan fingerprint density at radius 2 is 1.77 bits per heavy atom. The lowest BCUT2D eigenvalue weighted by Gasteiger charge is -2.36. The van der Waals surface area contributed by atoms with Crippen LogP contribution < -0.4 is 19.7 Å². The van der Waals surface area contributed by atoms with Crippen LogP contribution in [-0.2, 0) is 4.79 Å². The molecular weight excluding hydrogens is 388 g/mol. The molecule has 1 heterocycles. The summed E-state index contributed by atoms with van der Waals surface area (Å²) < 4.78 is 10.6. The van der Waals surface area contributed by atoms with Gasteiger partial charge >= 0.3 is 0 Å². The molecule has 0 radical (unpaired) electrons. The molecule has 0 bridgehead atoms. The smallest absolute Gasteiger partial charge is 0.273 e. The molecule has 0 atom stereocenters. The second-order valence-corrected chi connectivity index (χ2v) is 6.94. The molecule has 0 aromatic heterocycles. The lowest BCUT2D eigenvalue weighted by atomic mass is 10.2. The molecule has 0 spiro atoms. The van der Waals surface area contributed by atoms with Crippen LogP contribution in [0.15, 0.2) is 42.5 Å². The molecule has 160 valence electrons. The van der Waals surface area contributed by atoms with Gasteiger partial charge in [-0.1, -0.05) is 12.1 Å². The normalized spacial score (nSPS) is 14.3. The zero-order valence-electron chi connectivity index (χ0n) is 17.2. The van der Waals surface area contributed by atoms with E-state index in [0.29, 0.717) is 18.7 Å². The van der Waals surface area contributed by atoms with Gasteiger partial charge in [-0.15, -0.1) is 0 Å². The molecular formula is C21H26N4O5. The summed E-state index contributed by atoms with van der Waals surface area (Å²) in [5, 5.41) is 13.7. The number of para-hydroxylation sites is 2. The fourth-order valence-corrected chi connectivity index (χ4v) is 3.47. The van der Waals surface area contributed by atoms with E-state index in [1.165, 1.54) is 25.3 Å². The third-order valence-electron chi connectivity index (χ3n) is 5.12. The van der Waals surface area contributed by atoms with Crippen LogP contribution in [0.1, 0.15) is 6.42 Å². The number of nitrogens with zero attached hydrogens (tertiary/aromatic N) is 3. The number of methoxy groups -OCH3 is 2. The molecule has 2 aromatic rings. The maximum atomic E-state index is 12.4.